The van der Waals surface area contributed by atoms with Crippen LogP contribution in [0.15, 0.2) is 58.3 Å². The van der Waals surface area contributed by atoms with Crippen LogP contribution >= 0.6 is 23.4 Å². The van der Waals surface area contributed by atoms with Crippen molar-refractivity contribution in [3.63, 3.8) is 0 Å². The standard InChI is InChI=1S/C17H19ClN2O3S2/c1-12(24-15-9-7-13(18)8-10-15)17(21)19-14-5-4-6-16(11-14)25(22,23)20(2)3/h4-12H,1-3H3,(H,19,21). The number of amides is 1. The van der Waals surface area contributed by atoms with Gasteiger partial charge < -0.3 is 5.32 Å². The first-order valence-electron chi connectivity index (χ1n) is 7.46. The van der Waals surface area contributed by atoms with Gasteiger partial charge in [-0.15, -0.1) is 11.8 Å². The Hall–Kier alpha value is -1.54. The third kappa shape index (κ3) is 5.22. The van der Waals surface area contributed by atoms with Gasteiger partial charge in [0.05, 0.1) is 10.1 Å². The van der Waals surface area contributed by atoms with Crippen molar-refractivity contribution in [2.24, 2.45) is 0 Å². The Morgan fingerprint density at radius 2 is 1.80 bits per heavy atom. The molecule has 0 aromatic heterocycles. The van der Waals surface area contributed by atoms with Crippen LogP contribution in [0.4, 0.5) is 5.69 Å². The highest BCUT2D eigenvalue weighted by atomic mass is 35.5. The van der Waals surface area contributed by atoms with Crippen LogP contribution in [0, 0.1) is 0 Å². The molecule has 0 radical (unpaired) electrons. The molecule has 2 aromatic carbocycles. The van der Waals surface area contributed by atoms with Crippen molar-refractivity contribution in [2.45, 2.75) is 22.0 Å². The summed E-state index contributed by atoms with van der Waals surface area (Å²) in [5, 5.41) is 3.04. The molecular formula is C17H19ClN2O3S2. The normalized spacial score (nSPS) is 12.8. The Kier molecular flexibility index (Phi) is 6.51. The minimum Gasteiger partial charge on any atom is -0.325 e. The lowest BCUT2D eigenvalue weighted by Crippen LogP contribution is -2.24. The molecule has 0 heterocycles. The zero-order valence-electron chi connectivity index (χ0n) is 14.1. The van der Waals surface area contributed by atoms with E-state index >= 15 is 0 Å². The predicted molar refractivity (Wildman–Crippen MR) is 103 cm³/mol. The highest BCUT2D eigenvalue weighted by Gasteiger charge is 2.19. The van der Waals surface area contributed by atoms with Gasteiger partial charge in [-0.25, -0.2) is 12.7 Å². The second-order valence-corrected chi connectivity index (χ2v) is 9.52. The molecule has 0 spiro atoms. The Bertz CT molecular complexity index is 852. The van der Waals surface area contributed by atoms with Gasteiger partial charge in [0.15, 0.2) is 0 Å². The van der Waals surface area contributed by atoms with Crippen LogP contribution in [0.1, 0.15) is 6.92 Å². The van der Waals surface area contributed by atoms with Crippen molar-refractivity contribution < 1.29 is 13.2 Å². The van der Waals surface area contributed by atoms with Crippen molar-refractivity contribution in [2.75, 3.05) is 19.4 Å². The van der Waals surface area contributed by atoms with E-state index in [0.29, 0.717) is 10.7 Å². The van der Waals surface area contributed by atoms with Crippen molar-refractivity contribution in [1.29, 1.82) is 0 Å². The number of halogens is 1. The number of thioether (sulfide) groups is 1. The van der Waals surface area contributed by atoms with E-state index in [-0.39, 0.29) is 16.1 Å². The lowest BCUT2D eigenvalue weighted by molar-refractivity contribution is -0.115. The topological polar surface area (TPSA) is 66.5 Å². The first-order chi connectivity index (χ1) is 11.7. The van der Waals surface area contributed by atoms with E-state index in [1.807, 2.05) is 12.1 Å². The van der Waals surface area contributed by atoms with Crippen molar-refractivity contribution >= 4 is 45.0 Å². The summed E-state index contributed by atoms with van der Waals surface area (Å²) in [6, 6.07) is 13.4. The Morgan fingerprint density at radius 1 is 1.16 bits per heavy atom. The average molecular weight is 399 g/mol. The van der Waals surface area contributed by atoms with Crippen molar-refractivity contribution in [1.82, 2.24) is 4.31 Å². The van der Waals surface area contributed by atoms with Gasteiger partial charge in [-0.05, 0) is 49.4 Å². The third-order valence-corrected chi connectivity index (χ3v) is 6.55. The van der Waals surface area contributed by atoms with E-state index < -0.39 is 10.0 Å². The monoisotopic (exact) mass is 398 g/mol. The number of carbonyl (C=O) groups excluding carboxylic acids is 1. The van der Waals surface area contributed by atoms with E-state index in [4.69, 9.17) is 11.6 Å². The summed E-state index contributed by atoms with van der Waals surface area (Å²) >= 11 is 7.25. The summed E-state index contributed by atoms with van der Waals surface area (Å²) in [7, 11) is -0.616. The lowest BCUT2D eigenvalue weighted by atomic mass is 10.3. The van der Waals surface area contributed by atoms with E-state index in [2.05, 4.69) is 5.32 Å². The number of nitrogens with one attached hydrogen (secondary N) is 1. The van der Waals surface area contributed by atoms with Gasteiger partial charge in [0.2, 0.25) is 15.9 Å². The average Bonchev–Trinajstić information content (AvgIpc) is 2.57. The van der Waals surface area contributed by atoms with Gasteiger partial charge in [0, 0.05) is 29.7 Å². The molecule has 8 heteroatoms. The zero-order chi connectivity index (χ0) is 18.6. The Morgan fingerprint density at radius 3 is 2.40 bits per heavy atom. The SMILES string of the molecule is CC(Sc1ccc(Cl)cc1)C(=O)Nc1cccc(S(=O)(=O)N(C)C)c1. The van der Waals surface area contributed by atoms with Crippen LogP contribution in [0.3, 0.4) is 0 Å². The van der Waals surface area contributed by atoms with Crippen LogP contribution in [0.2, 0.25) is 5.02 Å². The number of carbonyl (C=O) groups is 1. The highest BCUT2D eigenvalue weighted by Crippen LogP contribution is 2.26. The Balaban J connectivity index is 2.08. The molecule has 5 nitrogen and oxygen atoms in total. The molecule has 0 aliphatic heterocycles. The molecule has 1 amide bonds. The zero-order valence-corrected chi connectivity index (χ0v) is 16.5. The molecule has 2 rings (SSSR count). The fourth-order valence-corrected chi connectivity index (χ4v) is 3.90. The molecule has 0 saturated heterocycles. The quantitative estimate of drug-likeness (QED) is 0.753. The number of anilines is 1. The van der Waals surface area contributed by atoms with Crippen LogP contribution in [-0.4, -0.2) is 38.0 Å². The minimum atomic E-state index is -3.54. The number of rotatable bonds is 6. The second-order valence-electron chi connectivity index (χ2n) is 5.52. The van der Waals surface area contributed by atoms with Gasteiger partial charge in [-0.3, -0.25) is 4.79 Å². The second kappa shape index (κ2) is 8.23. The van der Waals surface area contributed by atoms with Crippen LogP contribution in [0.5, 0.6) is 0 Å². The molecule has 25 heavy (non-hydrogen) atoms. The highest BCUT2D eigenvalue weighted by molar-refractivity contribution is 8.00. The van der Waals surface area contributed by atoms with Gasteiger partial charge in [0.1, 0.15) is 0 Å². The van der Waals surface area contributed by atoms with Crippen LogP contribution in [-0.2, 0) is 14.8 Å². The summed E-state index contributed by atoms with van der Waals surface area (Å²) in [5.74, 6) is -0.209. The molecule has 0 saturated carbocycles. The maximum atomic E-state index is 12.4. The van der Waals surface area contributed by atoms with E-state index in [1.165, 1.54) is 38.0 Å². The molecule has 0 bridgehead atoms. The van der Waals surface area contributed by atoms with Crippen molar-refractivity contribution in [3.05, 3.63) is 53.6 Å². The Labute approximate surface area is 157 Å². The van der Waals surface area contributed by atoms with E-state index in [1.54, 1.807) is 31.2 Å². The maximum absolute atomic E-state index is 12.4. The minimum absolute atomic E-state index is 0.133. The summed E-state index contributed by atoms with van der Waals surface area (Å²) in [6.45, 7) is 1.79. The number of hydrogen-bond donors (Lipinski definition) is 1. The molecule has 1 unspecified atom stereocenters. The van der Waals surface area contributed by atoms with Gasteiger partial charge >= 0.3 is 0 Å². The largest absolute Gasteiger partial charge is 0.325 e. The fraction of sp³-hybridized carbons (Fsp3) is 0.235. The van der Waals surface area contributed by atoms with Gasteiger partial charge in [0.25, 0.3) is 0 Å². The number of benzene rings is 2. The van der Waals surface area contributed by atoms with Gasteiger partial charge in [-0.1, -0.05) is 17.7 Å². The first kappa shape index (κ1) is 19.8. The molecule has 1 N–H and O–H groups in total. The third-order valence-electron chi connectivity index (χ3n) is 3.38. The molecule has 0 aliphatic rings. The molecule has 0 fully saturated rings. The summed E-state index contributed by atoms with van der Waals surface area (Å²) in [4.78, 5) is 13.4. The van der Waals surface area contributed by atoms with Gasteiger partial charge in [-0.2, -0.15) is 0 Å². The van der Waals surface area contributed by atoms with Crippen molar-refractivity contribution in [3.8, 4) is 0 Å². The van der Waals surface area contributed by atoms with Crippen LogP contribution in [0.25, 0.3) is 0 Å². The predicted octanol–water partition coefficient (Wildman–Crippen LogP) is 3.71. The summed E-state index contributed by atoms with van der Waals surface area (Å²) in [5.41, 5.74) is 0.441. The molecule has 0 aliphatic carbocycles. The summed E-state index contributed by atoms with van der Waals surface area (Å²) in [6.07, 6.45) is 0. The smallest absolute Gasteiger partial charge is 0.242 e. The molecule has 2 aromatic rings. The van der Waals surface area contributed by atoms with E-state index in [9.17, 15) is 13.2 Å². The number of sulfonamides is 1. The molecule has 134 valence electrons. The van der Waals surface area contributed by atoms with Crippen LogP contribution < -0.4 is 5.32 Å². The summed E-state index contributed by atoms with van der Waals surface area (Å²) < 4.78 is 25.5. The molecular weight excluding hydrogens is 380 g/mol. The van der Waals surface area contributed by atoms with E-state index in [0.717, 1.165) is 9.20 Å². The fourth-order valence-electron chi connectivity index (χ4n) is 1.96. The number of nitrogens with zero attached hydrogens (tertiary/aromatic N) is 1. The molecule has 1 atom stereocenters. The maximum Gasteiger partial charge on any atom is 0.242 e. The first-order valence-corrected chi connectivity index (χ1v) is 10.2. The lowest BCUT2D eigenvalue weighted by Gasteiger charge is -2.14. The number of hydrogen-bond acceptors (Lipinski definition) is 4.